The van der Waals surface area contributed by atoms with Crippen LogP contribution in [0.4, 0.5) is 0 Å². The lowest BCUT2D eigenvalue weighted by atomic mass is 10.0. The number of carbonyl (C=O) groups is 1. The van der Waals surface area contributed by atoms with Crippen molar-refractivity contribution in [2.24, 2.45) is 0 Å². The quantitative estimate of drug-likeness (QED) is 0.701. The number of carbonyl (C=O) groups excluding carboxylic acids is 1. The summed E-state index contributed by atoms with van der Waals surface area (Å²) in [5.41, 5.74) is 2.32. The highest BCUT2D eigenvalue weighted by atomic mass is 16.5. The smallest absolute Gasteiger partial charge is 0.198 e. The van der Waals surface area contributed by atoms with Gasteiger partial charge in [0.2, 0.25) is 0 Å². The number of nitrogens with zero attached hydrogens (tertiary/aromatic N) is 1. The molecule has 1 heterocycles. The van der Waals surface area contributed by atoms with Gasteiger partial charge in [-0.2, -0.15) is 0 Å². The average molecular weight is 201 g/mol. The predicted octanol–water partition coefficient (Wildman–Crippen LogP) is 2.52. The summed E-state index contributed by atoms with van der Waals surface area (Å²) < 4.78 is 4.86. The molecule has 3 nitrogen and oxygen atoms in total. The van der Waals surface area contributed by atoms with Gasteiger partial charge in [0, 0.05) is 5.56 Å². The number of benzene rings is 1. The molecule has 0 saturated heterocycles. The molecule has 0 unspecified atom stereocenters. The van der Waals surface area contributed by atoms with Gasteiger partial charge in [0.1, 0.15) is 5.76 Å². The van der Waals surface area contributed by atoms with Crippen molar-refractivity contribution in [1.29, 1.82) is 0 Å². The Bertz CT molecular complexity index is 483. The second-order valence-electron chi connectivity index (χ2n) is 3.49. The summed E-state index contributed by atoms with van der Waals surface area (Å²) in [6, 6.07) is 7.44. The largest absolute Gasteiger partial charge is 0.361 e. The molecule has 15 heavy (non-hydrogen) atoms. The van der Waals surface area contributed by atoms with Crippen molar-refractivity contribution < 1.29 is 9.32 Å². The van der Waals surface area contributed by atoms with Crippen molar-refractivity contribution in [2.45, 2.75) is 13.8 Å². The summed E-state index contributed by atoms with van der Waals surface area (Å²) in [7, 11) is 0. The van der Waals surface area contributed by atoms with E-state index in [9.17, 15) is 4.79 Å². The van der Waals surface area contributed by atoms with Crippen LogP contribution in [0.15, 0.2) is 35.0 Å². The highest BCUT2D eigenvalue weighted by Gasteiger charge is 2.14. The Morgan fingerprint density at radius 2 is 1.87 bits per heavy atom. The lowest BCUT2D eigenvalue weighted by Crippen LogP contribution is -2.01. The molecule has 2 rings (SSSR count). The van der Waals surface area contributed by atoms with Crippen LogP contribution in [-0.4, -0.2) is 10.9 Å². The van der Waals surface area contributed by atoms with E-state index in [4.69, 9.17) is 4.52 Å². The molecule has 2 aromatic rings. The zero-order chi connectivity index (χ0) is 10.8. The summed E-state index contributed by atoms with van der Waals surface area (Å²) in [5.74, 6) is 0.509. The molecule has 0 aliphatic heterocycles. The Morgan fingerprint density at radius 1 is 1.20 bits per heavy atom. The third-order valence-electron chi connectivity index (χ3n) is 2.31. The van der Waals surface area contributed by atoms with Gasteiger partial charge in [-0.05, 0) is 13.8 Å². The van der Waals surface area contributed by atoms with Crippen LogP contribution in [0.5, 0.6) is 0 Å². The molecule has 0 amide bonds. The van der Waals surface area contributed by atoms with E-state index in [1.54, 1.807) is 6.92 Å². The van der Waals surface area contributed by atoms with E-state index in [2.05, 4.69) is 5.16 Å². The summed E-state index contributed by atoms with van der Waals surface area (Å²) in [5, 5.41) is 3.59. The highest BCUT2D eigenvalue weighted by molar-refractivity contribution is 6.09. The van der Waals surface area contributed by atoms with Crippen LogP contribution in [0.3, 0.4) is 0 Å². The first-order valence-electron chi connectivity index (χ1n) is 4.71. The molecule has 1 aromatic heterocycles. The fraction of sp³-hybridized carbons (Fsp3) is 0.167. The fourth-order valence-electron chi connectivity index (χ4n) is 1.38. The van der Waals surface area contributed by atoms with Crippen LogP contribution in [0, 0.1) is 13.8 Å². The molecule has 0 aliphatic rings. The summed E-state index contributed by atoms with van der Waals surface area (Å²) in [6.07, 6.45) is 1.46. The van der Waals surface area contributed by atoms with E-state index in [1.165, 1.54) is 6.20 Å². The molecule has 0 N–H and O–H groups in total. The maximum atomic E-state index is 11.9. The molecule has 0 radical (unpaired) electrons. The van der Waals surface area contributed by atoms with Crippen LogP contribution in [0.25, 0.3) is 0 Å². The molecular formula is C12H11NO2. The summed E-state index contributed by atoms with van der Waals surface area (Å²) in [6.45, 7) is 3.72. The summed E-state index contributed by atoms with van der Waals surface area (Å²) in [4.78, 5) is 11.9. The zero-order valence-electron chi connectivity index (χ0n) is 8.65. The molecule has 0 fully saturated rings. The van der Waals surface area contributed by atoms with E-state index < -0.39 is 0 Å². The van der Waals surface area contributed by atoms with Crippen molar-refractivity contribution in [3.63, 3.8) is 0 Å². The number of aryl methyl sites for hydroxylation is 2. The normalized spacial score (nSPS) is 10.3. The Morgan fingerprint density at radius 3 is 2.40 bits per heavy atom. The van der Waals surface area contributed by atoms with Gasteiger partial charge in [0.15, 0.2) is 5.78 Å². The molecule has 0 bridgehead atoms. The standard InChI is InChI=1S/C12H11NO2/c1-8-3-5-10(6-4-8)12(14)11-7-13-15-9(11)2/h3-7H,1-2H3. The van der Waals surface area contributed by atoms with E-state index >= 15 is 0 Å². The molecule has 1 aromatic carbocycles. The molecule has 0 aliphatic carbocycles. The summed E-state index contributed by atoms with van der Waals surface area (Å²) >= 11 is 0. The van der Waals surface area contributed by atoms with Crippen molar-refractivity contribution in [3.8, 4) is 0 Å². The molecule has 0 atom stereocenters. The van der Waals surface area contributed by atoms with Crippen molar-refractivity contribution in [1.82, 2.24) is 5.16 Å². The van der Waals surface area contributed by atoms with Gasteiger partial charge in [-0.1, -0.05) is 35.0 Å². The third kappa shape index (κ3) is 1.81. The molecule has 0 saturated carbocycles. The van der Waals surface area contributed by atoms with Gasteiger partial charge in [-0.15, -0.1) is 0 Å². The Kier molecular flexibility index (Phi) is 2.37. The van der Waals surface area contributed by atoms with Crippen LogP contribution in [0.1, 0.15) is 27.2 Å². The van der Waals surface area contributed by atoms with E-state index in [0.717, 1.165) is 5.56 Å². The van der Waals surface area contributed by atoms with Gasteiger partial charge in [0.25, 0.3) is 0 Å². The van der Waals surface area contributed by atoms with Gasteiger partial charge < -0.3 is 4.52 Å². The van der Waals surface area contributed by atoms with Crippen LogP contribution in [-0.2, 0) is 0 Å². The van der Waals surface area contributed by atoms with Gasteiger partial charge in [-0.3, -0.25) is 4.79 Å². The van der Waals surface area contributed by atoms with Crippen LogP contribution < -0.4 is 0 Å². The second kappa shape index (κ2) is 3.69. The van der Waals surface area contributed by atoms with Crippen molar-refractivity contribution in [3.05, 3.63) is 52.9 Å². The predicted molar refractivity (Wildman–Crippen MR) is 55.9 cm³/mol. The SMILES string of the molecule is Cc1ccc(C(=O)c2cnoc2C)cc1. The maximum absolute atomic E-state index is 11.9. The Hall–Kier alpha value is -1.90. The minimum Gasteiger partial charge on any atom is -0.361 e. The first-order chi connectivity index (χ1) is 7.18. The third-order valence-corrected chi connectivity index (χ3v) is 2.31. The lowest BCUT2D eigenvalue weighted by molar-refractivity contribution is 0.103. The topological polar surface area (TPSA) is 43.1 Å². The van der Waals surface area contributed by atoms with Crippen molar-refractivity contribution in [2.75, 3.05) is 0 Å². The van der Waals surface area contributed by atoms with E-state index in [-0.39, 0.29) is 5.78 Å². The number of aromatic nitrogens is 1. The maximum Gasteiger partial charge on any atom is 0.198 e. The minimum absolute atomic E-state index is 0.0475. The van der Waals surface area contributed by atoms with Gasteiger partial charge in [-0.25, -0.2) is 0 Å². The average Bonchev–Trinajstić information content (AvgIpc) is 2.65. The highest BCUT2D eigenvalue weighted by Crippen LogP contribution is 2.13. The molecule has 0 spiro atoms. The zero-order valence-corrected chi connectivity index (χ0v) is 8.65. The Labute approximate surface area is 87.7 Å². The lowest BCUT2D eigenvalue weighted by Gasteiger charge is -1.98. The first kappa shape index (κ1) is 9.65. The van der Waals surface area contributed by atoms with E-state index in [1.807, 2.05) is 31.2 Å². The number of hydrogen-bond acceptors (Lipinski definition) is 3. The Balaban J connectivity index is 2.37. The second-order valence-corrected chi connectivity index (χ2v) is 3.49. The molecular weight excluding hydrogens is 190 g/mol. The van der Waals surface area contributed by atoms with Crippen molar-refractivity contribution >= 4 is 5.78 Å². The first-order valence-corrected chi connectivity index (χ1v) is 4.71. The van der Waals surface area contributed by atoms with Crippen LogP contribution >= 0.6 is 0 Å². The number of rotatable bonds is 2. The van der Waals surface area contributed by atoms with Gasteiger partial charge >= 0.3 is 0 Å². The molecule has 76 valence electrons. The van der Waals surface area contributed by atoms with Crippen LogP contribution in [0.2, 0.25) is 0 Å². The number of ketones is 1. The number of hydrogen-bond donors (Lipinski definition) is 0. The minimum atomic E-state index is -0.0475. The van der Waals surface area contributed by atoms with Gasteiger partial charge in [0.05, 0.1) is 11.8 Å². The fourth-order valence-corrected chi connectivity index (χ4v) is 1.38. The van der Waals surface area contributed by atoms with E-state index in [0.29, 0.717) is 16.9 Å². The molecule has 3 heteroatoms. The monoisotopic (exact) mass is 201 g/mol.